The van der Waals surface area contributed by atoms with E-state index in [1.165, 1.54) is 0 Å². The first-order valence-electron chi connectivity index (χ1n) is 7.79. The summed E-state index contributed by atoms with van der Waals surface area (Å²) in [5.74, 6) is 0. The van der Waals surface area contributed by atoms with E-state index in [0.29, 0.717) is 18.6 Å². The Hall–Kier alpha value is -1.75. The molecule has 0 aromatic heterocycles. The molecule has 0 heterocycles. The van der Waals surface area contributed by atoms with Gasteiger partial charge in [0.2, 0.25) is 0 Å². The summed E-state index contributed by atoms with van der Waals surface area (Å²) in [5.41, 5.74) is 7.49. The second-order valence-electron chi connectivity index (χ2n) is 7.07. The van der Waals surface area contributed by atoms with Crippen LogP contribution in [0, 0.1) is 0 Å². The molecule has 1 aromatic rings. The van der Waals surface area contributed by atoms with Crippen LogP contribution < -0.4 is 11.1 Å². The third-order valence-electron chi connectivity index (χ3n) is 3.66. The third kappa shape index (κ3) is 4.63. The van der Waals surface area contributed by atoms with Gasteiger partial charge in [-0.15, -0.1) is 0 Å². The zero-order chi connectivity index (χ0) is 16.3. The lowest BCUT2D eigenvalue weighted by molar-refractivity contribution is 0.0285. The summed E-state index contributed by atoms with van der Waals surface area (Å²) < 4.78 is 5.39. The summed E-state index contributed by atoms with van der Waals surface area (Å²) in [4.78, 5) is 13.7. The number of rotatable bonds is 4. The van der Waals surface area contributed by atoms with Crippen molar-refractivity contribution in [1.82, 2.24) is 4.90 Å². The first-order chi connectivity index (χ1) is 10.2. The van der Waals surface area contributed by atoms with E-state index in [9.17, 15) is 4.79 Å². The minimum atomic E-state index is -0.481. The van der Waals surface area contributed by atoms with E-state index in [0.717, 1.165) is 24.1 Å². The Balaban J connectivity index is 1.98. The second kappa shape index (κ2) is 6.57. The van der Waals surface area contributed by atoms with Crippen molar-refractivity contribution in [3.63, 3.8) is 0 Å². The molecule has 22 heavy (non-hydrogen) atoms. The molecule has 0 spiro atoms. The largest absolute Gasteiger partial charge is 0.444 e. The van der Waals surface area contributed by atoms with E-state index < -0.39 is 5.60 Å². The molecule has 3 N–H and O–H groups in total. The van der Waals surface area contributed by atoms with Gasteiger partial charge in [0, 0.05) is 24.8 Å². The van der Waals surface area contributed by atoms with E-state index in [2.05, 4.69) is 5.32 Å². The van der Waals surface area contributed by atoms with E-state index >= 15 is 0 Å². The van der Waals surface area contributed by atoms with Crippen molar-refractivity contribution in [2.75, 3.05) is 12.4 Å². The molecular weight excluding hydrogens is 278 g/mol. The lowest BCUT2D eigenvalue weighted by Crippen LogP contribution is -2.44. The Morgan fingerprint density at radius 2 is 2.00 bits per heavy atom. The van der Waals surface area contributed by atoms with Crippen molar-refractivity contribution < 1.29 is 9.53 Å². The molecule has 0 saturated heterocycles. The van der Waals surface area contributed by atoms with Crippen molar-refractivity contribution in [1.29, 1.82) is 0 Å². The van der Waals surface area contributed by atoms with Gasteiger partial charge < -0.3 is 20.7 Å². The van der Waals surface area contributed by atoms with Gasteiger partial charge in [-0.1, -0.05) is 18.2 Å². The Morgan fingerprint density at radius 1 is 1.36 bits per heavy atom. The highest BCUT2D eigenvalue weighted by Gasteiger charge is 2.26. The zero-order valence-electron chi connectivity index (χ0n) is 13.9. The number of amides is 1. The fourth-order valence-electron chi connectivity index (χ4n) is 2.46. The van der Waals surface area contributed by atoms with Crippen LogP contribution in [0.3, 0.4) is 0 Å². The monoisotopic (exact) mass is 305 g/mol. The number of carbonyl (C=O) groups is 1. The molecule has 0 aliphatic heterocycles. The molecule has 5 nitrogen and oxygen atoms in total. The highest BCUT2D eigenvalue weighted by molar-refractivity contribution is 5.68. The summed E-state index contributed by atoms with van der Waals surface area (Å²) in [6.45, 7) is 6.12. The van der Waals surface area contributed by atoms with Crippen molar-refractivity contribution in [2.24, 2.45) is 5.73 Å². The quantitative estimate of drug-likeness (QED) is 0.897. The number of nitrogens with two attached hydrogens (primary N) is 1. The molecule has 1 fully saturated rings. The van der Waals surface area contributed by atoms with Crippen LogP contribution in [0.4, 0.5) is 10.5 Å². The molecule has 0 radical (unpaired) electrons. The smallest absolute Gasteiger partial charge is 0.410 e. The van der Waals surface area contributed by atoms with Crippen LogP contribution >= 0.6 is 0 Å². The minimum Gasteiger partial charge on any atom is -0.444 e. The molecule has 2 rings (SSSR count). The van der Waals surface area contributed by atoms with Crippen LogP contribution in [0.5, 0.6) is 0 Å². The lowest BCUT2D eigenvalue weighted by atomic mass is 9.87. The predicted molar refractivity (Wildman–Crippen MR) is 88.8 cm³/mol. The van der Waals surface area contributed by atoms with E-state index in [1.54, 1.807) is 11.9 Å². The van der Waals surface area contributed by atoms with Crippen molar-refractivity contribution >= 4 is 11.8 Å². The maximum atomic E-state index is 12.1. The minimum absolute atomic E-state index is 0.312. The fourth-order valence-corrected chi connectivity index (χ4v) is 2.46. The highest BCUT2D eigenvalue weighted by atomic mass is 16.6. The Kier molecular flexibility index (Phi) is 4.96. The van der Waals surface area contributed by atoms with Gasteiger partial charge >= 0.3 is 6.09 Å². The Morgan fingerprint density at radius 3 is 2.59 bits per heavy atom. The van der Waals surface area contributed by atoms with E-state index in [-0.39, 0.29) is 6.09 Å². The Labute approximate surface area is 132 Å². The summed E-state index contributed by atoms with van der Waals surface area (Å²) in [6, 6.07) is 8.80. The molecule has 5 heteroatoms. The standard InChI is InChI=1S/C17H27N3O2/c1-17(2,3)22-16(21)20(4)11-12-7-5-6-8-15(12)19-14-9-13(18)10-14/h5-8,13-14,19H,9-11,18H2,1-4H3. The van der Waals surface area contributed by atoms with Crippen LogP contribution in [-0.4, -0.2) is 35.7 Å². The van der Waals surface area contributed by atoms with Crippen LogP contribution in [0.2, 0.25) is 0 Å². The van der Waals surface area contributed by atoms with Crippen molar-refractivity contribution in [3.8, 4) is 0 Å². The number of carbonyl (C=O) groups excluding carboxylic acids is 1. The van der Waals surface area contributed by atoms with Gasteiger partial charge in [0.05, 0.1) is 6.54 Å². The molecule has 122 valence electrons. The normalized spacial score (nSPS) is 21.0. The SMILES string of the molecule is CN(Cc1ccccc1NC1CC(N)C1)C(=O)OC(C)(C)C. The number of benzene rings is 1. The summed E-state index contributed by atoms with van der Waals surface area (Å²) in [7, 11) is 1.75. The number of nitrogens with zero attached hydrogens (tertiary/aromatic N) is 1. The van der Waals surface area contributed by atoms with Gasteiger partial charge in [0.25, 0.3) is 0 Å². The first-order valence-corrected chi connectivity index (χ1v) is 7.79. The molecule has 1 amide bonds. The van der Waals surface area contributed by atoms with Crippen LogP contribution in [0.25, 0.3) is 0 Å². The third-order valence-corrected chi connectivity index (χ3v) is 3.66. The molecule has 1 aliphatic carbocycles. The summed E-state index contributed by atoms with van der Waals surface area (Å²) in [5, 5.41) is 3.51. The van der Waals surface area contributed by atoms with Gasteiger partial charge in [-0.05, 0) is 45.2 Å². The number of ether oxygens (including phenoxy) is 1. The van der Waals surface area contributed by atoms with Crippen molar-refractivity contribution in [2.45, 2.75) is 57.8 Å². The summed E-state index contributed by atoms with van der Waals surface area (Å²) in [6.07, 6.45) is 1.68. The van der Waals surface area contributed by atoms with Gasteiger partial charge in [-0.3, -0.25) is 0 Å². The Bertz CT molecular complexity index is 519. The van der Waals surface area contributed by atoms with Gasteiger partial charge in [-0.25, -0.2) is 4.79 Å². The molecular formula is C17H27N3O2. The summed E-state index contributed by atoms with van der Waals surface area (Å²) >= 11 is 0. The number of para-hydroxylation sites is 1. The maximum absolute atomic E-state index is 12.1. The average molecular weight is 305 g/mol. The zero-order valence-corrected chi connectivity index (χ0v) is 13.9. The highest BCUT2D eigenvalue weighted by Crippen LogP contribution is 2.25. The number of hydrogen-bond donors (Lipinski definition) is 2. The topological polar surface area (TPSA) is 67.6 Å². The van der Waals surface area contributed by atoms with Crippen molar-refractivity contribution in [3.05, 3.63) is 29.8 Å². The average Bonchev–Trinajstić information content (AvgIpc) is 2.37. The lowest BCUT2D eigenvalue weighted by Gasteiger charge is -2.34. The maximum Gasteiger partial charge on any atom is 0.410 e. The van der Waals surface area contributed by atoms with Gasteiger partial charge in [0.15, 0.2) is 0 Å². The fraction of sp³-hybridized carbons (Fsp3) is 0.588. The second-order valence-corrected chi connectivity index (χ2v) is 7.07. The van der Waals surface area contributed by atoms with Gasteiger partial charge in [0.1, 0.15) is 5.60 Å². The van der Waals surface area contributed by atoms with Crippen LogP contribution in [-0.2, 0) is 11.3 Å². The van der Waals surface area contributed by atoms with E-state index in [4.69, 9.17) is 10.5 Å². The molecule has 0 unspecified atom stereocenters. The molecule has 0 atom stereocenters. The molecule has 0 bridgehead atoms. The van der Waals surface area contributed by atoms with Crippen LogP contribution in [0.1, 0.15) is 39.2 Å². The molecule has 1 aliphatic rings. The first kappa shape index (κ1) is 16.6. The van der Waals surface area contributed by atoms with E-state index in [1.807, 2.05) is 45.0 Å². The predicted octanol–water partition coefficient (Wildman–Crippen LogP) is 2.96. The molecule has 1 saturated carbocycles. The number of nitrogens with one attached hydrogen (secondary N) is 1. The van der Waals surface area contributed by atoms with Crippen LogP contribution in [0.15, 0.2) is 24.3 Å². The number of hydrogen-bond acceptors (Lipinski definition) is 4. The molecule has 1 aromatic carbocycles. The number of anilines is 1. The van der Waals surface area contributed by atoms with Gasteiger partial charge in [-0.2, -0.15) is 0 Å².